The Morgan fingerprint density at radius 1 is 1.04 bits per heavy atom. The molecule has 0 amide bonds. The van der Waals surface area contributed by atoms with E-state index in [1.54, 1.807) is 6.07 Å². The predicted molar refractivity (Wildman–Crippen MR) is 86.1 cm³/mol. The Hall–Kier alpha value is -2.77. The summed E-state index contributed by atoms with van der Waals surface area (Å²) in [5.41, 5.74) is -0.366. The first kappa shape index (κ1) is 17.1. The van der Waals surface area contributed by atoms with Gasteiger partial charge in [-0.3, -0.25) is 10.1 Å². The zero-order chi connectivity index (χ0) is 18.0. The monoisotopic (exact) mass is 352 g/mol. The summed E-state index contributed by atoms with van der Waals surface area (Å²) in [6.07, 6.45) is -2.50. The fourth-order valence-corrected chi connectivity index (χ4v) is 2.76. The van der Waals surface area contributed by atoms with Gasteiger partial charge in [-0.1, -0.05) is 6.07 Å². The summed E-state index contributed by atoms with van der Waals surface area (Å²) in [6.45, 7) is 1.56. The molecule has 0 bridgehead atoms. The Labute approximate surface area is 141 Å². The lowest BCUT2D eigenvalue weighted by molar-refractivity contribution is -0.384. The molecule has 1 fully saturated rings. The average Bonchev–Trinajstić information content (AvgIpc) is 3.08. The lowest BCUT2D eigenvalue weighted by Crippen LogP contribution is -2.17. The number of rotatable bonds is 4. The molecule has 0 radical (unpaired) electrons. The van der Waals surface area contributed by atoms with Crippen LogP contribution in [0.1, 0.15) is 18.4 Å². The van der Waals surface area contributed by atoms with Crippen molar-refractivity contribution in [2.45, 2.75) is 19.0 Å². The van der Waals surface area contributed by atoms with Crippen LogP contribution >= 0.6 is 0 Å². The normalized spacial score (nSPS) is 14.6. The molecule has 1 saturated heterocycles. The third-order valence-corrected chi connectivity index (χ3v) is 3.96. The molecule has 3 rings (SSSR count). The topological polar surface area (TPSA) is 55.6 Å². The first-order chi connectivity index (χ1) is 11.8. The van der Waals surface area contributed by atoms with Crippen molar-refractivity contribution in [1.29, 1.82) is 0 Å². The number of anilines is 1. The number of hydrogen-bond acceptors (Lipinski definition) is 4. The largest absolute Gasteiger partial charge is 0.457 e. The van der Waals surface area contributed by atoms with Crippen LogP contribution in [0.25, 0.3) is 0 Å². The van der Waals surface area contributed by atoms with Crippen LogP contribution in [0.4, 0.5) is 24.5 Å². The summed E-state index contributed by atoms with van der Waals surface area (Å²) >= 11 is 0. The van der Waals surface area contributed by atoms with Crippen molar-refractivity contribution >= 4 is 11.4 Å². The SMILES string of the molecule is O=[N+]([O-])c1cc(Oc2cccc(C(F)(F)F)c2)cc(N2CCCC2)c1. The summed E-state index contributed by atoms with van der Waals surface area (Å²) in [5, 5.41) is 11.1. The molecule has 1 heterocycles. The molecular weight excluding hydrogens is 337 g/mol. The van der Waals surface area contributed by atoms with Crippen LogP contribution in [-0.4, -0.2) is 18.0 Å². The molecule has 1 aliphatic rings. The van der Waals surface area contributed by atoms with Crippen LogP contribution in [-0.2, 0) is 6.18 Å². The lowest BCUT2D eigenvalue weighted by Gasteiger charge is -2.18. The lowest BCUT2D eigenvalue weighted by atomic mass is 10.2. The zero-order valence-corrected chi connectivity index (χ0v) is 13.1. The highest BCUT2D eigenvalue weighted by Crippen LogP contribution is 2.35. The molecule has 132 valence electrons. The summed E-state index contributed by atoms with van der Waals surface area (Å²) in [7, 11) is 0. The van der Waals surface area contributed by atoms with Crippen molar-refractivity contribution in [2.24, 2.45) is 0 Å². The smallest absolute Gasteiger partial charge is 0.416 e. The maximum Gasteiger partial charge on any atom is 0.416 e. The third-order valence-electron chi connectivity index (χ3n) is 3.96. The van der Waals surface area contributed by atoms with E-state index in [0.717, 1.165) is 38.1 Å². The molecule has 5 nitrogen and oxygen atoms in total. The van der Waals surface area contributed by atoms with Crippen LogP contribution in [0.15, 0.2) is 42.5 Å². The molecular formula is C17H15F3N2O3. The van der Waals surface area contributed by atoms with Crippen LogP contribution in [0.2, 0.25) is 0 Å². The molecule has 25 heavy (non-hydrogen) atoms. The van der Waals surface area contributed by atoms with Gasteiger partial charge in [0.15, 0.2) is 0 Å². The van der Waals surface area contributed by atoms with E-state index in [2.05, 4.69) is 0 Å². The van der Waals surface area contributed by atoms with E-state index in [0.29, 0.717) is 5.69 Å². The Bertz CT molecular complexity index is 787. The molecule has 2 aromatic carbocycles. The Morgan fingerprint density at radius 3 is 2.40 bits per heavy atom. The number of hydrogen-bond donors (Lipinski definition) is 0. The molecule has 0 unspecified atom stereocenters. The van der Waals surface area contributed by atoms with Crippen molar-refractivity contribution < 1.29 is 22.8 Å². The highest BCUT2D eigenvalue weighted by Gasteiger charge is 2.30. The predicted octanol–water partition coefficient (Wildman–Crippen LogP) is 5.01. The summed E-state index contributed by atoms with van der Waals surface area (Å²) < 4.78 is 43.9. The summed E-state index contributed by atoms with van der Waals surface area (Å²) in [5.74, 6) is 0.109. The number of benzene rings is 2. The number of nitro groups is 1. The second-order valence-corrected chi connectivity index (χ2v) is 5.76. The van der Waals surface area contributed by atoms with Crippen LogP contribution in [0, 0.1) is 10.1 Å². The Kier molecular flexibility index (Phi) is 4.52. The minimum absolute atomic E-state index is 0.0253. The Balaban J connectivity index is 1.92. The molecule has 0 saturated carbocycles. The average molecular weight is 352 g/mol. The van der Waals surface area contributed by atoms with Gasteiger partial charge >= 0.3 is 6.18 Å². The van der Waals surface area contributed by atoms with Gasteiger partial charge in [0.1, 0.15) is 11.5 Å². The number of halogens is 3. The number of ether oxygens (including phenoxy) is 1. The molecule has 1 aliphatic heterocycles. The second-order valence-electron chi connectivity index (χ2n) is 5.76. The van der Waals surface area contributed by atoms with Crippen molar-refractivity contribution in [1.82, 2.24) is 0 Å². The fraction of sp³-hybridized carbons (Fsp3) is 0.294. The molecule has 0 atom stereocenters. The van der Waals surface area contributed by atoms with Crippen molar-refractivity contribution in [2.75, 3.05) is 18.0 Å². The third kappa shape index (κ3) is 4.01. The van der Waals surface area contributed by atoms with Crippen LogP contribution < -0.4 is 9.64 Å². The maximum atomic E-state index is 12.8. The zero-order valence-electron chi connectivity index (χ0n) is 13.1. The van der Waals surface area contributed by atoms with E-state index in [9.17, 15) is 23.3 Å². The second kappa shape index (κ2) is 6.62. The van der Waals surface area contributed by atoms with Crippen molar-refractivity contribution in [3.8, 4) is 11.5 Å². The van der Waals surface area contributed by atoms with Gasteiger partial charge in [0.25, 0.3) is 5.69 Å². The molecule has 8 heteroatoms. The van der Waals surface area contributed by atoms with E-state index in [4.69, 9.17) is 4.74 Å². The molecule has 0 spiro atoms. The minimum atomic E-state index is -4.48. The van der Waals surface area contributed by atoms with E-state index in [-0.39, 0.29) is 17.2 Å². The van der Waals surface area contributed by atoms with Gasteiger partial charge in [0, 0.05) is 30.9 Å². The molecule has 2 aromatic rings. The van der Waals surface area contributed by atoms with Gasteiger partial charge < -0.3 is 9.64 Å². The highest BCUT2D eigenvalue weighted by molar-refractivity contribution is 5.59. The van der Waals surface area contributed by atoms with E-state index < -0.39 is 16.7 Å². The standard InChI is InChI=1S/C17H15F3N2O3/c18-17(19,20)12-4-3-5-15(8-12)25-16-10-13(21-6-1-2-7-21)9-14(11-16)22(23)24/h3-5,8-11H,1-2,6-7H2. The maximum absolute atomic E-state index is 12.8. The highest BCUT2D eigenvalue weighted by atomic mass is 19.4. The van der Waals surface area contributed by atoms with Gasteiger partial charge in [0.2, 0.25) is 0 Å². The van der Waals surface area contributed by atoms with Gasteiger partial charge in [-0.05, 0) is 31.0 Å². The number of non-ortho nitro benzene ring substituents is 1. The molecule has 0 N–H and O–H groups in total. The quantitative estimate of drug-likeness (QED) is 0.574. The van der Waals surface area contributed by atoms with Crippen LogP contribution in [0.5, 0.6) is 11.5 Å². The Morgan fingerprint density at radius 2 is 1.76 bits per heavy atom. The van der Waals surface area contributed by atoms with E-state index in [1.165, 1.54) is 24.3 Å². The van der Waals surface area contributed by atoms with Gasteiger partial charge in [-0.2, -0.15) is 13.2 Å². The van der Waals surface area contributed by atoms with Gasteiger partial charge in [-0.25, -0.2) is 0 Å². The summed E-state index contributed by atoms with van der Waals surface area (Å²) in [4.78, 5) is 12.6. The van der Waals surface area contributed by atoms with Gasteiger partial charge in [0.05, 0.1) is 16.6 Å². The molecule has 0 aliphatic carbocycles. The van der Waals surface area contributed by atoms with Crippen molar-refractivity contribution in [3.63, 3.8) is 0 Å². The first-order valence-electron chi connectivity index (χ1n) is 7.72. The van der Waals surface area contributed by atoms with E-state index >= 15 is 0 Å². The number of nitrogens with zero attached hydrogens (tertiary/aromatic N) is 2. The first-order valence-corrected chi connectivity index (χ1v) is 7.72. The van der Waals surface area contributed by atoms with Crippen molar-refractivity contribution in [3.05, 3.63) is 58.1 Å². The van der Waals surface area contributed by atoms with Crippen LogP contribution in [0.3, 0.4) is 0 Å². The van der Waals surface area contributed by atoms with E-state index in [1.807, 2.05) is 4.90 Å². The summed E-state index contributed by atoms with van der Waals surface area (Å²) in [6, 6.07) is 8.69. The number of nitro benzene ring substituents is 1. The number of alkyl halides is 3. The van der Waals surface area contributed by atoms with Gasteiger partial charge in [-0.15, -0.1) is 0 Å². The fourth-order valence-electron chi connectivity index (χ4n) is 2.76. The minimum Gasteiger partial charge on any atom is -0.457 e. The molecule has 0 aromatic heterocycles.